The Morgan fingerprint density at radius 3 is 2.58 bits per heavy atom. The third-order valence-electron chi connectivity index (χ3n) is 2.72. The summed E-state index contributed by atoms with van der Waals surface area (Å²) < 4.78 is 10.7. The number of carbonyl (C=O) groups excluding carboxylic acids is 2. The number of hydrogen-bond donors (Lipinski definition) is 1. The average Bonchev–Trinajstić information content (AvgIpc) is 2.43. The van der Waals surface area contributed by atoms with E-state index in [1.807, 2.05) is 0 Å². The van der Waals surface area contributed by atoms with Crippen LogP contribution in [-0.2, 0) is 4.79 Å². The van der Waals surface area contributed by atoms with E-state index in [4.69, 9.17) is 15.2 Å². The third kappa shape index (κ3) is 4.62. The van der Waals surface area contributed by atoms with Crippen LogP contribution in [0.4, 0.5) is 5.69 Å². The smallest absolute Gasteiger partial charge is 0.163 e. The Kier molecular flexibility index (Phi) is 6.43. The SMILES string of the molecule is COc1cc(C=O)c(N)cc1OCCCCCC=O. The van der Waals surface area contributed by atoms with Crippen LogP contribution in [0.2, 0.25) is 0 Å². The van der Waals surface area contributed by atoms with Gasteiger partial charge in [0, 0.05) is 23.7 Å². The second kappa shape index (κ2) is 8.13. The minimum absolute atomic E-state index is 0.367. The maximum absolute atomic E-state index is 10.8. The first-order chi connectivity index (χ1) is 9.22. The second-order valence-electron chi connectivity index (χ2n) is 4.11. The number of ether oxygens (including phenoxy) is 2. The van der Waals surface area contributed by atoms with Gasteiger partial charge in [-0.25, -0.2) is 0 Å². The standard InChI is InChI=1S/C14H19NO4/c1-18-13-8-11(10-17)12(15)9-14(13)19-7-5-3-2-4-6-16/h6,8-10H,2-5,7,15H2,1H3. The molecule has 0 aliphatic heterocycles. The van der Waals surface area contributed by atoms with Crippen molar-refractivity contribution in [3.63, 3.8) is 0 Å². The molecule has 0 heterocycles. The summed E-state index contributed by atoms with van der Waals surface area (Å²) in [5.41, 5.74) is 6.47. The van der Waals surface area contributed by atoms with Crippen molar-refractivity contribution in [3.8, 4) is 11.5 Å². The van der Waals surface area contributed by atoms with Crippen molar-refractivity contribution < 1.29 is 19.1 Å². The molecule has 19 heavy (non-hydrogen) atoms. The molecule has 0 saturated carbocycles. The van der Waals surface area contributed by atoms with E-state index in [1.165, 1.54) is 7.11 Å². The highest BCUT2D eigenvalue weighted by molar-refractivity contribution is 5.85. The zero-order valence-electron chi connectivity index (χ0n) is 11.1. The maximum Gasteiger partial charge on any atom is 0.163 e. The number of anilines is 1. The molecule has 5 nitrogen and oxygen atoms in total. The van der Waals surface area contributed by atoms with E-state index >= 15 is 0 Å². The Labute approximate surface area is 112 Å². The summed E-state index contributed by atoms with van der Waals surface area (Å²) in [6.07, 6.45) is 4.85. The zero-order valence-corrected chi connectivity index (χ0v) is 11.1. The predicted molar refractivity (Wildman–Crippen MR) is 72.8 cm³/mol. The summed E-state index contributed by atoms with van der Waals surface area (Å²) >= 11 is 0. The van der Waals surface area contributed by atoms with Crippen LogP contribution in [0, 0.1) is 0 Å². The van der Waals surface area contributed by atoms with E-state index in [9.17, 15) is 9.59 Å². The van der Waals surface area contributed by atoms with E-state index in [0.29, 0.717) is 42.1 Å². The molecule has 0 aliphatic carbocycles. The Balaban J connectivity index is 2.55. The molecule has 104 valence electrons. The molecule has 0 atom stereocenters. The van der Waals surface area contributed by atoms with Crippen molar-refractivity contribution in [2.24, 2.45) is 0 Å². The molecule has 0 unspecified atom stereocenters. The van der Waals surface area contributed by atoms with Gasteiger partial charge in [-0.1, -0.05) is 0 Å². The first kappa shape index (κ1) is 15.0. The highest BCUT2D eigenvalue weighted by Crippen LogP contribution is 2.31. The number of aldehydes is 2. The lowest BCUT2D eigenvalue weighted by Gasteiger charge is -2.12. The van der Waals surface area contributed by atoms with Gasteiger partial charge in [0.05, 0.1) is 13.7 Å². The van der Waals surface area contributed by atoms with Gasteiger partial charge < -0.3 is 20.0 Å². The van der Waals surface area contributed by atoms with Gasteiger partial charge in [0.15, 0.2) is 17.8 Å². The van der Waals surface area contributed by atoms with E-state index in [2.05, 4.69) is 0 Å². The monoisotopic (exact) mass is 265 g/mol. The fourth-order valence-corrected chi connectivity index (χ4v) is 1.65. The van der Waals surface area contributed by atoms with Crippen molar-refractivity contribution in [1.82, 2.24) is 0 Å². The van der Waals surface area contributed by atoms with Crippen molar-refractivity contribution in [2.75, 3.05) is 19.5 Å². The summed E-state index contributed by atoms with van der Waals surface area (Å²) in [5.74, 6) is 1.02. The average molecular weight is 265 g/mol. The van der Waals surface area contributed by atoms with Crippen LogP contribution in [0.1, 0.15) is 36.0 Å². The molecule has 1 aromatic rings. The number of rotatable bonds is 9. The van der Waals surface area contributed by atoms with Crippen LogP contribution in [0.3, 0.4) is 0 Å². The second-order valence-corrected chi connectivity index (χ2v) is 4.11. The van der Waals surface area contributed by atoms with Crippen LogP contribution >= 0.6 is 0 Å². The maximum atomic E-state index is 10.8. The van der Waals surface area contributed by atoms with E-state index in [0.717, 1.165) is 25.5 Å². The summed E-state index contributed by atoms with van der Waals surface area (Å²) in [7, 11) is 1.51. The zero-order chi connectivity index (χ0) is 14.1. The third-order valence-corrected chi connectivity index (χ3v) is 2.72. The van der Waals surface area contributed by atoms with Crippen molar-refractivity contribution in [1.29, 1.82) is 0 Å². The van der Waals surface area contributed by atoms with Gasteiger partial charge in [0.25, 0.3) is 0 Å². The first-order valence-electron chi connectivity index (χ1n) is 6.22. The fraction of sp³-hybridized carbons (Fsp3) is 0.429. The lowest BCUT2D eigenvalue weighted by atomic mass is 10.1. The number of nitrogen functional groups attached to an aromatic ring is 1. The molecule has 0 aromatic heterocycles. The van der Waals surface area contributed by atoms with Crippen LogP contribution in [-0.4, -0.2) is 26.3 Å². The van der Waals surface area contributed by atoms with Gasteiger partial charge in [-0.05, 0) is 25.3 Å². The number of unbranched alkanes of at least 4 members (excludes halogenated alkanes) is 3. The molecule has 1 rings (SSSR count). The Bertz CT molecular complexity index is 432. The molecule has 2 N–H and O–H groups in total. The van der Waals surface area contributed by atoms with Gasteiger partial charge in [-0.15, -0.1) is 0 Å². The van der Waals surface area contributed by atoms with Crippen LogP contribution in [0.15, 0.2) is 12.1 Å². The quantitative estimate of drug-likeness (QED) is 0.421. The van der Waals surface area contributed by atoms with Crippen molar-refractivity contribution in [2.45, 2.75) is 25.7 Å². The molecular formula is C14H19NO4. The summed E-state index contributed by atoms with van der Waals surface area (Å²) in [6, 6.07) is 3.15. The van der Waals surface area contributed by atoms with Gasteiger partial charge in [0.2, 0.25) is 0 Å². The lowest BCUT2D eigenvalue weighted by Crippen LogP contribution is -2.02. The molecule has 0 bridgehead atoms. The molecule has 1 aromatic carbocycles. The predicted octanol–water partition coefficient (Wildman–Crippen LogP) is 2.23. The minimum atomic E-state index is 0.367. The van der Waals surface area contributed by atoms with Gasteiger partial charge in [0.1, 0.15) is 6.29 Å². The molecule has 0 fully saturated rings. The number of benzene rings is 1. The first-order valence-corrected chi connectivity index (χ1v) is 6.22. The Morgan fingerprint density at radius 1 is 1.16 bits per heavy atom. The van der Waals surface area contributed by atoms with Crippen LogP contribution in [0.5, 0.6) is 11.5 Å². The molecule has 5 heteroatoms. The number of carbonyl (C=O) groups is 2. The van der Waals surface area contributed by atoms with Gasteiger partial charge in [-0.3, -0.25) is 4.79 Å². The largest absolute Gasteiger partial charge is 0.493 e. The fourth-order valence-electron chi connectivity index (χ4n) is 1.65. The van der Waals surface area contributed by atoms with E-state index < -0.39 is 0 Å². The normalized spacial score (nSPS) is 9.95. The topological polar surface area (TPSA) is 78.6 Å². The molecule has 0 radical (unpaired) electrons. The highest BCUT2D eigenvalue weighted by Gasteiger charge is 2.09. The van der Waals surface area contributed by atoms with Gasteiger partial charge >= 0.3 is 0 Å². The minimum Gasteiger partial charge on any atom is -0.493 e. The molecule has 0 spiro atoms. The van der Waals surface area contributed by atoms with Gasteiger partial charge in [-0.2, -0.15) is 0 Å². The Morgan fingerprint density at radius 2 is 1.95 bits per heavy atom. The summed E-state index contributed by atoms with van der Waals surface area (Å²) in [4.78, 5) is 20.9. The van der Waals surface area contributed by atoms with E-state index in [1.54, 1.807) is 12.1 Å². The van der Waals surface area contributed by atoms with Crippen LogP contribution in [0.25, 0.3) is 0 Å². The number of hydrogen-bond acceptors (Lipinski definition) is 5. The van der Waals surface area contributed by atoms with E-state index in [-0.39, 0.29) is 0 Å². The molecular weight excluding hydrogens is 246 g/mol. The highest BCUT2D eigenvalue weighted by atomic mass is 16.5. The van der Waals surface area contributed by atoms with Crippen molar-refractivity contribution >= 4 is 18.3 Å². The molecule has 0 amide bonds. The summed E-state index contributed by atoms with van der Waals surface area (Å²) in [5, 5.41) is 0. The molecule has 0 saturated heterocycles. The summed E-state index contributed by atoms with van der Waals surface area (Å²) in [6.45, 7) is 0.523. The van der Waals surface area contributed by atoms with Crippen LogP contribution < -0.4 is 15.2 Å². The lowest BCUT2D eigenvalue weighted by molar-refractivity contribution is -0.107. The number of nitrogens with two attached hydrogens (primary N) is 1. The number of methoxy groups -OCH3 is 1. The molecule has 0 aliphatic rings. The Hall–Kier alpha value is -2.04. The van der Waals surface area contributed by atoms with Crippen molar-refractivity contribution in [3.05, 3.63) is 17.7 Å².